The Bertz CT molecular complexity index is 150. The molecule has 0 aromatic heterocycles. The van der Waals surface area contributed by atoms with Gasteiger partial charge >= 0.3 is 5.97 Å². The van der Waals surface area contributed by atoms with E-state index in [2.05, 4.69) is 0 Å². The zero-order chi connectivity index (χ0) is 8.43. The highest BCUT2D eigenvalue weighted by molar-refractivity contribution is 5.73. The summed E-state index contributed by atoms with van der Waals surface area (Å²) in [6.07, 6.45) is 1.76. The van der Waals surface area contributed by atoms with Crippen LogP contribution in [0.15, 0.2) is 0 Å². The summed E-state index contributed by atoms with van der Waals surface area (Å²) in [4.78, 5) is 10.6. The summed E-state index contributed by atoms with van der Waals surface area (Å²) >= 11 is 0. The van der Waals surface area contributed by atoms with E-state index in [-0.39, 0.29) is 5.92 Å². The molecule has 1 heterocycles. The Kier molecular flexibility index (Phi) is 2.46. The highest BCUT2D eigenvalue weighted by Crippen LogP contribution is 2.21. The van der Waals surface area contributed by atoms with Crippen LogP contribution < -0.4 is 0 Å². The Morgan fingerprint density at radius 1 is 1.64 bits per heavy atom. The van der Waals surface area contributed by atoms with Gasteiger partial charge in [0.1, 0.15) is 6.04 Å². The van der Waals surface area contributed by atoms with E-state index >= 15 is 0 Å². The fourth-order valence-electron chi connectivity index (χ4n) is 1.54. The minimum Gasteiger partial charge on any atom is -0.480 e. The molecule has 0 radical (unpaired) electrons. The van der Waals surface area contributed by atoms with Crippen molar-refractivity contribution in [3.63, 3.8) is 0 Å². The second-order valence-electron chi connectivity index (χ2n) is 3.07. The molecule has 0 aromatic rings. The quantitative estimate of drug-likeness (QED) is 0.587. The summed E-state index contributed by atoms with van der Waals surface area (Å²) < 4.78 is 0. The first-order valence-electron chi connectivity index (χ1n) is 3.81. The lowest BCUT2D eigenvalue weighted by molar-refractivity contribution is -0.184. The number of hydrogen-bond acceptors (Lipinski definition) is 3. The Hall–Kier alpha value is -0.610. The molecule has 1 fully saturated rings. The largest absolute Gasteiger partial charge is 0.480 e. The van der Waals surface area contributed by atoms with Crippen molar-refractivity contribution < 1.29 is 15.1 Å². The fourth-order valence-corrected chi connectivity index (χ4v) is 1.54. The maximum absolute atomic E-state index is 10.6. The van der Waals surface area contributed by atoms with Gasteiger partial charge in [-0.15, -0.1) is 0 Å². The molecule has 64 valence electrons. The number of rotatable bonds is 1. The number of hydrogen-bond donors (Lipinski definition) is 2. The minimum absolute atomic E-state index is 0.0475. The molecular weight excluding hydrogens is 146 g/mol. The topological polar surface area (TPSA) is 60.8 Å². The van der Waals surface area contributed by atoms with Crippen molar-refractivity contribution in [3.8, 4) is 0 Å². The predicted molar refractivity (Wildman–Crippen MR) is 38.3 cm³/mol. The second kappa shape index (κ2) is 3.19. The molecular formula is C7H13NO3. The third-order valence-electron chi connectivity index (χ3n) is 2.16. The molecule has 11 heavy (non-hydrogen) atoms. The Morgan fingerprint density at radius 2 is 2.27 bits per heavy atom. The molecule has 4 heteroatoms. The summed E-state index contributed by atoms with van der Waals surface area (Å²) in [6.45, 7) is 2.32. The van der Waals surface area contributed by atoms with Crippen LogP contribution in [0.1, 0.15) is 19.8 Å². The van der Waals surface area contributed by atoms with Crippen LogP contribution in [-0.4, -0.2) is 33.9 Å². The van der Waals surface area contributed by atoms with Gasteiger partial charge in [-0.1, -0.05) is 6.92 Å². The summed E-state index contributed by atoms with van der Waals surface area (Å²) in [5, 5.41) is 18.8. The van der Waals surface area contributed by atoms with Crippen LogP contribution >= 0.6 is 0 Å². The number of carboxylic acid groups (broad SMARTS) is 1. The number of nitrogens with zero attached hydrogens (tertiary/aromatic N) is 1. The van der Waals surface area contributed by atoms with E-state index in [0.29, 0.717) is 6.54 Å². The molecule has 0 spiro atoms. The predicted octanol–water partition coefficient (Wildman–Crippen LogP) is 0.561. The molecule has 2 unspecified atom stereocenters. The van der Waals surface area contributed by atoms with Gasteiger partial charge in [0.15, 0.2) is 0 Å². The van der Waals surface area contributed by atoms with Gasteiger partial charge in [-0.3, -0.25) is 4.79 Å². The number of aliphatic carboxylic acids is 1. The van der Waals surface area contributed by atoms with Crippen LogP contribution in [0.3, 0.4) is 0 Å². The van der Waals surface area contributed by atoms with Gasteiger partial charge in [0.25, 0.3) is 0 Å². The van der Waals surface area contributed by atoms with E-state index in [9.17, 15) is 4.79 Å². The molecule has 0 aliphatic carbocycles. The van der Waals surface area contributed by atoms with Crippen molar-refractivity contribution in [2.24, 2.45) is 5.92 Å². The number of carbonyl (C=O) groups is 1. The van der Waals surface area contributed by atoms with Crippen LogP contribution in [0.4, 0.5) is 0 Å². The molecule has 4 nitrogen and oxygen atoms in total. The van der Waals surface area contributed by atoms with Gasteiger partial charge in [-0.2, -0.15) is 5.06 Å². The van der Waals surface area contributed by atoms with Crippen molar-refractivity contribution in [3.05, 3.63) is 0 Å². The molecule has 1 saturated heterocycles. The molecule has 2 atom stereocenters. The molecule has 0 bridgehead atoms. The third kappa shape index (κ3) is 1.70. The van der Waals surface area contributed by atoms with Crippen molar-refractivity contribution in [1.82, 2.24) is 5.06 Å². The van der Waals surface area contributed by atoms with Crippen molar-refractivity contribution in [1.29, 1.82) is 0 Å². The second-order valence-corrected chi connectivity index (χ2v) is 3.07. The number of piperidine rings is 1. The molecule has 1 aliphatic heterocycles. The van der Waals surface area contributed by atoms with Crippen LogP contribution in [0.5, 0.6) is 0 Å². The zero-order valence-electron chi connectivity index (χ0n) is 6.53. The normalized spacial score (nSPS) is 33.6. The smallest absolute Gasteiger partial charge is 0.323 e. The van der Waals surface area contributed by atoms with E-state index in [4.69, 9.17) is 10.3 Å². The maximum atomic E-state index is 10.6. The Labute approximate surface area is 65.4 Å². The third-order valence-corrected chi connectivity index (χ3v) is 2.16. The van der Waals surface area contributed by atoms with Gasteiger partial charge in [0.05, 0.1) is 0 Å². The first-order valence-corrected chi connectivity index (χ1v) is 3.81. The van der Waals surface area contributed by atoms with Crippen LogP contribution in [0.2, 0.25) is 0 Å². The van der Waals surface area contributed by atoms with E-state index in [1.807, 2.05) is 6.92 Å². The Balaban J connectivity index is 2.62. The van der Waals surface area contributed by atoms with Gasteiger partial charge in [0.2, 0.25) is 0 Å². The lowest BCUT2D eigenvalue weighted by Crippen LogP contribution is -2.47. The van der Waals surface area contributed by atoms with Gasteiger partial charge in [-0.25, -0.2) is 0 Å². The number of hydroxylamine groups is 2. The van der Waals surface area contributed by atoms with Crippen LogP contribution in [0, 0.1) is 5.92 Å². The SMILES string of the molecule is CC1CCCN(O)C1C(=O)O. The molecule has 1 aliphatic rings. The lowest BCUT2D eigenvalue weighted by atomic mass is 9.92. The lowest BCUT2D eigenvalue weighted by Gasteiger charge is -2.32. The van der Waals surface area contributed by atoms with E-state index in [1.165, 1.54) is 0 Å². The van der Waals surface area contributed by atoms with Gasteiger partial charge in [0, 0.05) is 6.54 Å². The standard InChI is InChI=1S/C7H13NO3/c1-5-3-2-4-8(11)6(5)7(9)10/h5-6,11H,2-4H2,1H3,(H,9,10). The van der Waals surface area contributed by atoms with Crippen molar-refractivity contribution in [2.45, 2.75) is 25.8 Å². The maximum Gasteiger partial charge on any atom is 0.323 e. The average Bonchev–Trinajstić information content (AvgIpc) is 1.85. The summed E-state index contributed by atoms with van der Waals surface area (Å²) in [5.74, 6) is -0.883. The minimum atomic E-state index is -0.931. The molecule has 0 saturated carbocycles. The zero-order valence-corrected chi connectivity index (χ0v) is 6.53. The monoisotopic (exact) mass is 159 g/mol. The fraction of sp³-hybridized carbons (Fsp3) is 0.857. The molecule has 1 rings (SSSR count). The van der Waals surface area contributed by atoms with Gasteiger partial charge in [-0.05, 0) is 18.8 Å². The van der Waals surface area contributed by atoms with E-state index < -0.39 is 12.0 Å². The van der Waals surface area contributed by atoms with E-state index in [1.54, 1.807) is 0 Å². The summed E-state index contributed by atoms with van der Waals surface area (Å²) in [6, 6.07) is -0.705. The number of carboxylic acids is 1. The first kappa shape index (κ1) is 8.49. The van der Waals surface area contributed by atoms with Gasteiger partial charge < -0.3 is 10.3 Å². The van der Waals surface area contributed by atoms with Crippen LogP contribution in [0.25, 0.3) is 0 Å². The van der Waals surface area contributed by atoms with E-state index in [0.717, 1.165) is 17.9 Å². The highest BCUT2D eigenvalue weighted by atomic mass is 16.5. The van der Waals surface area contributed by atoms with Crippen molar-refractivity contribution in [2.75, 3.05) is 6.54 Å². The molecule has 0 amide bonds. The molecule has 2 N–H and O–H groups in total. The van der Waals surface area contributed by atoms with Crippen molar-refractivity contribution >= 4 is 5.97 Å². The first-order chi connectivity index (χ1) is 5.13. The average molecular weight is 159 g/mol. The molecule has 0 aromatic carbocycles. The summed E-state index contributed by atoms with van der Waals surface area (Å²) in [7, 11) is 0. The highest BCUT2D eigenvalue weighted by Gasteiger charge is 2.33. The van der Waals surface area contributed by atoms with Crippen LogP contribution in [-0.2, 0) is 4.79 Å². The summed E-state index contributed by atoms with van der Waals surface area (Å²) in [5.41, 5.74) is 0. The Morgan fingerprint density at radius 3 is 2.64 bits per heavy atom.